The summed E-state index contributed by atoms with van der Waals surface area (Å²) in [4.78, 5) is 0. The molecule has 0 aliphatic carbocycles. The molecule has 0 fully saturated rings. The average molecular weight is 427 g/mol. The molecule has 3 rings (SSSR count). The standard InChI is InChI=1S/C24H24F3N3O/c1-3-6-22-21(23(15-31-2)30(29-22)16-24(25,26)27)13-17-9-11-18(12-10-17)20-8-5-4-7-19(20)14-28/h4-5,7-12H,3,6,13,15-16H2,1-2H3. The van der Waals surface area contributed by atoms with Gasteiger partial charge in [-0.25, -0.2) is 0 Å². The topological polar surface area (TPSA) is 50.8 Å². The molecule has 0 radical (unpaired) electrons. The highest BCUT2D eigenvalue weighted by Gasteiger charge is 2.31. The van der Waals surface area contributed by atoms with Crippen LogP contribution in [-0.2, 0) is 30.7 Å². The molecule has 0 saturated carbocycles. The van der Waals surface area contributed by atoms with Crippen LogP contribution >= 0.6 is 0 Å². The number of methoxy groups -OCH3 is 1. The summed E-state index contributed by atoms with van der Waals surface area (Å²) in [6.45, 7) is 0.909. The number of aromatic nitrogens is 2. The summed E-state index contributed by atoms with van der Waals surface area (Å²) in [7, 11) is 1.47. The Morgan fingerprint density at radius 3 is 2.42 bits per heavy atom. The fraction of sp³-hybridized carbons (Fsp3) is 0.333. The van der Waals surface area contributed by atoms with Crippen LogP contribution in [0.3, 0.4) is 0 Å². The van der Waals surface area contributed by atoms with Gasteiger partial charge in [-0.1, -0.05) is 55.8 Å². The number of halogens is 3. The molecule has 0 unspecified atom stereocenters. The van der Waals surface area contributed by atoms with E-state index in [4.69, 9.17) is 4.74 Å². The summed E-state index contributed by atoms with van der Waals surface area (Å²) in [6, 6.07) is 17.3. The third-order valence-electron chi connectivity index (χ3n) is 5.04. The fourth-order valence-corrected chi connectivity index (χ4v) is 3.67. The molecule has 0 bridgehead atoms. The van der Waals surface area contributed by atoms with E-state index in [9.17, 15) is 18.4 Å². The number of aryl methyl sites for hydroxylation is 1. The first-order valence-corrected chi connectivity index (χ1v) is 10.1. The number of hydrogen-bond acceptors (Lipinski definition) is 3. The predicted molar refractivity (Wildman–Crippen MR) is 112 cm³/mol. The van der Waals surface area contributed by atoms with E-state index < -0.39 is 12.7 Å². The van der Waals surface area contributed by atoms with Crippen LogP contribution in [-0.4, -0.2) is 23.1 Å². The van der Waals surface area contributed by atoms with Crippen molar-refractivity contribution in [3.8, 4) is 17.2 Å². The van der Waals surface area contributed by atoms with Crippen molar-refractivity contribution in [2.75, 3.05) is 7.11 Å². The SMILES string of the molecule is CCCc1nn(CC(F)(F)F)c(COC)c1Cc1ccc(-c2ccccc2C#N)cc1. The first kappa shape index (κ1) is 22.6. The number of ether oxygens (including phenoxy) is 1. The second-order valence-electron chi connectivity index (χ2n) is 7.36. The first-order valence-electron chi connectivity index (χ1n) is 10.1. The second-order valence-corrected chi connectivity index (χ2v) is 7.36. The summed E-state index contributed by atoms with van der Waals surface area (Å²) < 4.78 is 45.4. The maximum Gasteiger partial charge on any atom is 0.408 e. The smallest absolute Gasteiger partial charge is 0.378 e. The van der Waals surface area contributed by atoms with Gasteiger partial charge < -0.3 is 4.74 Å². The van der Waals surface area contributed by atoms with Crippen molar-refractivity contribution in [2.24, 2.45) is 0 Å². The molecule has 7 heteroatoms. The Labute approximate surface area is 179 Å². The number of nitriles is 1. The van der Waals surface area contributed by atoms with Gasteiger partial charge in [-0.15, -0.1) is 0 Å². The molecule has 1 aromatic heterocycles. The molecule has 0 aliphatic rings. The number of hydrogen-bond donors (Lipinski definition) is 0. The maximum absolute atomic E-state index is 13.1. The minimum Gasteiger partial charge on any atom is -0.378 e. The number of nitrogens with zero attached hydrogens (tertiary/aromatic N) is 3. The van der Waals surface area contributed by atoms with Crippen molar-refractivity contribution in [2.45, 2.75) is 45.5 Å². The van der Waals surface area contributed by atoms with Crippen LogP contribution in [0, 0.1) is 11.3 Å². The molecular weight excluding hydrogens is 403 g/mol. The van der Waals surface area contributed by atoms with Crippen molar-refractivity contribution in [1.29, 1.82) is 5.26 Å². The molecule has 0 saturated heterocycles. The van der Waals surface area contributed by atoms with E-state index >= 15 is 0 Å². The lowest BCUT2D eigenvalue weighted by molar-refractivity contribution is -0.143. The molecule has 2 aromatic carbocycles. The Kier molecular flexibility index (Phi) is 7.13. The van der Waals surface area contributed by atoms with Gasteiger partial charge in [0.15, 0.2) is 0 Å². The molecule has 0 N–H and O–H groups in total. The van der Waals surface area contributed by atoms with E-state index in [1.54, 1.807) is 6.07 Å². The highest BCUT2D eigenvalue weighted by Crippen LogP contribution is 2.27. The molecular formula is C24H24F3N3O. The third kappa shape index (κ3) is 5.53. The monoisotopic (exact) mass is 427 g/mol. The highest BCUT2D eigenvalue weighted by atomic mass is 19.4. The number of benzene rings is 2. The van der Waals surface area contributed by atoms with Gasteiger partial charge in [-0.05, 0) is 29.2 Å². The maximum atomic E-state index is 13.1. The molecule has 31 heavy (non-hydrogen) atoms. The summed E-state index contributed by atoms with van der Waals surface area (Å²) in [6.07, 6.45) is -2.51. The van der Waals surface area contributed by atoms with Crippen LogP contribution in [0.5, 0.6) is 0 Å². The van der Waals surface area contributed by atoms with Crippen molar-refractivity contribution in [1.82, 2.24) is 9.78 Å². The number of rotatable bonds is 8. The van der Waals surface area contributed by atoms with Crippen LogP contribution in [0.2, 0.25) is 0 Å². The normalized spacial score (nSPS) is 11.5. The average Bonchev–Trinajstić information content (AvgIpc) is 3.03. The zero-order valence-corrected chi connectivity index (χ0v) is 17.5. The van der Waals surface area contributed by atoms with Gasteiger partial charge in [0.25, 0.3) is 0 Å². The molecule has 0 aliphatic heterocycles. The van der Waals surface area contributed by atoms with Crippen LogP contribution in [0.1, 0.15) is 41.4 Å². The summed E-state index contributed by atoms with van der Waals surface area (Å²) in [5.74, 6) is 0. The molecule has 3 aromatic rings. The second kappa shape index (κ2) is 9.80. The minimum atomic E-state index is -4.36. The summed E-state index contributed by atoms with van der Waals surface area (Å²) in [5, 5.41) is 13.6. The van der Waals surface area contributed by atoms with Gasteiger partial charge in [0.2, 0.25) is 0 Å². The molecule has 0 atom stereocenters. The molecule has 4 nitrogen and oxygen atoms in total. The van der Waals surface area contributed by atoms with E-state index in [1.165, 1.54) is 7.11 Å². The van der Waals surface area contributed by atoms with Gasteiger partial charge in [0, 0.05) is 19.1 Å². The lowest BCUT2D eigenvalue weighted by Gasteiger charge is -2.12. The number of alkyl halides is 3. The van der Waals surface area contributed by atoms with Crippen LogP contribution < -0.4 is 0 Å². The van der Waals surface area contributed by atoms with E-state index in [-0.39, 0.29) is 6.61 Å². The van der Waals surface area contributed by atoms with Gasteiger partial charge >= 0.3 is 6.18 Å². The first-order chi connectivity index (χ1) is 14.9. The summed E-state index contributed by atoms with van der Waals surface area (Å²) >= 11 is 0. The summed E-state index contributed by atoms with van der Waals surface area (Å²) in [5.41, 5.74) is 5.25. The fourth-order valence-electron chi connectivity index (χ4n) is 3.67. The van der Waals surface area contributed by atoms with Crippen molar-refractivity contribution in [3.63, 3.8) is 0 Å². The lowest BCUT2D eigenvalue weighted by Crippen LogP contribution is -2.21. The third-order valence-corrected chi connectivity index (χ3v) is 5.04. The molecule has 0 spiro atoms. The van der Waals surface area contributed by atoms with Gasteiger partial charge in [0.1, 0.15) is 6.54 Å². The van der Waals surface area contributed by atoms with Gasteiger partial charge in [-0.2, -0.15) is 23.5 Å². The molecule has 0 amide bonds. The quantitative estimate of drug-likeness (QED) is 0.465. The van der Waals surface area contributed by atoms with E-state index in [0.717, 1.165) is 33.4 Å². The van der Waals surface area contributed by atoms with Crippen LogP contribution in [0.4, 0.5) is 13.2 Å². The van der Waals surface area contributed by atoms with E-state index in [2.05, 4.69) is 11.2 Å². The van der Waals surface area contributed by atoms with Crippen molar-refractivity contribution >= 4 is 0 Å². The highest BCUT2D eigenvalue weighted by molar-refractivity contribution is 5.70. The van der Waals surface area contributed by atoms with Crippen molar-refractivity contribution < 1.29 is 17.9 Å². The van der Waals surface area contributed by atoms with E-state index in [0.29, 0.717) is 29.8 Å². The van der Waals surface area contributed by atoms with Crippen molar-refractivity contribution in [3.05, 3.63) is 76.6 Å². The van der Waals surface area contributed by atoms with Gasteiger partial charge in [0.05, 0.1) is 29.6 Å². The lowest BCUT2D eigenvalue weighted by atomic mass is 9.96. The largest absolute Gasteiger partial charge is 0.408 e. The van der Waals surface area contributed by atoms with Gasteiger partial charge in [-0.3, -0.25) is 4.68 Å². The minimum absolute atomic E-state index is 0.0652. The van der Waals surface area contributed by atoms with Crippen LogP contribution in [0.15, 0.2) is 48.5 Å². The Balaban J connectivity index is 1.94. The Morgan fingerprint density at radius 1 is 1.10 bits per heavy atom. The van der Waals surface area contributed by atoms with Crippen LogP contribution in [0.25, 0.3) is 11.1 Å². The molecule has 162 valence electrons. The molecule has 1 heterocycles. The zero-order chi connectivity index (χ0) is 22.4. The Bertz CT molecular complexity index is 1060. The Hall–Kier alpha value is -3.11. The van der Waals surface area contributed by atoms with E-state index in [1.807, 2.05) is 49.4 Å². The zero-order valence-electron chi connectivity index (χ0n) is 17.5. The Morgan fingerprint density at radius 2 is 1.81 bits per heavy atom. The predicted octanol–water partition coefficient (Wildman–Crippen LogP) is 5.67.